The van der Waals surface area contributed by atoms with Crippen LogP contribution in [0.2, 0.25) is 0 Å². The number of hydrogen-bond donors (Lipinski definition) is 1. The monoisotopic (exact) mass is 623 g/mol. The predicted octanol–water partition coefficient (Wildman–Crippen LogP) is 10.2. The average molecular weight is 623 g/mol. The summed E-state index contributed by atoms with van der Waals surface area (Å²) >= 11 is 0. The molecule has 3 unspecified atom stereocenters. The molecule has 0 amide bonds. The summed E-state index contributed by atoms with van der Waals surface area (Å²) in [5.74, 6) is 0.295. The van der Waals surface area contributed by atoms with Crippen LogP contribution in [-0.4, -0.2) is 48.6 Å². The lowest BCUT2D eigenvalue weighted by molar-refractivity contribution is -0.152. The molecule has 1 N–H and O–H groups in total. The maximum absolute atomic E-state index is 11.9. The van der Waals surface area contributed by atoms with Crippen LogP contribution in [0.1, 0.15) is 181 Å². The second-order valence-electron chi connectivity index (χ2n) is 13.3. The highest BCUT2D eigenvalue weighted by Crippen LogP contribution is 2.30. The van der Waals surface area contributed by atoms with Crippen LogP contribution in [0, 0.1) is 5.92 Å². The van der Waals surface area contributed by atoms with E-state index in [2.05, 4.69) is 32.9 Å². The number of carbonyl (C=O) groups is 2. The van der Waals surface area contributed by atoms with Crippen molar-refractivity contribution < 1.29 is 28.9 Å². The molecule has 6 nitrogen and oxygen atoms in total. The van der Waals surface area contributed by atoms with E-state index in [1.54, 1.807) is 0 Å². The Balaban J connectivity index is 1.82. The summed E-state index contributed by atoms with van der Waals surface area (Å²) in [5, 5.41) is 10.00. The van der Waals surface area contributed by atoms with Crippen molar-refractivity contribution in [2.45, 2.75) is 200 Å². The standard InChI is InChI=1S/C38H70O6/c1-4-6-21-27-35-36(44-35)28-23-18-14-11-12-16-20-25-30-38(41)43-32-34(39)31-42-37(40)29-24-19-15-10-8-7-9-13-17-22-26-33(3)5-2/h18,23,33-36,39H,4-17,19-22,24-32H2,1-3H3/b23-18-/t33?,34-,35?,36?/m0/s1. The third-order valence-corrected chi connectivity index (χ3v) is 8.96. The summed E-state index contributed by atoms with van der Waals surface area (Å²) in [6.07, 6.45) is 32.8. The van der Waals surface area contributed by atoms with Crippen LogP contribution in [-0.2, 0) is 23.8 Å². The van der Waals surface area contributed by atoms with Gasteiger partial charge in [0, 0.05) is 12.8 Å². The van der Waals surface area contributed by atoms with Crippen molar-refractivity contribution in [3.63, 3.8) is 0 Å². The number of ether oxygens (including phenoxy) is 3. The molecule has 0 aromatic rings. The van der Waals surface area contributed by atoms with Crippen LogP contribution in [0.5, 0.6) is 0 Å². The summed E-state index contributed by atoms with van der Waals surface area (Å²) < 4.78 is 16.0. The summed E-state index contributed by atoms with van der Waals surface area (Å²) in [5.41, 5.74) is 0. The van der Waals surface area contributed by atoms with Gasteiger partial charge in [-0.2, -0.15) is 0 Å². The number of esters is 2. The number of aliphatic hydroxyl groups excluding tert-OH is 1. The lowest BCUT2D eigenvalue weighted by Crippen LogP contribution is -2.25. The van der Waals surface area contributed by atoms with E-state index in [4.69, 9.17) is 14.2 Å². The fourth-order valence-electron chi connectivity index (χ4n) is 5.60. The summed E-state index contributed by atoms with van der Waals surface area (Å²) in [7, 11) is 0. The van der Waals surface area contributed by atoms with Gasteiger partial charge in [-0.25, -0.2) is 0 Å². The van der Waals surface area contributed by atoms with Gasteiger partial charge in [0.05, 0.1) is 12.2 Å². The average Bonchev–Trinajstić information content (AvgIpc) is 3.78. The molecule has 0 aromatic heterocycles. The molecular weight excluding hydrogens is 552 g/mol. The summed E-state index contributed by atoms with van der Waals surface area (Å²) in [6, 6.07) is 0. The smallest absolute Gasteiger partial charge is 0.305 e. The zero-order valence-corrected chi connectivity index (χ0v) is 29.0. The zero-order chi connectivity index (χ0) is 32.1. The minimum Gasteiger partial charge on any atom is -0.463 e. The molecule has 0 aliphatic carbocycles. The van der Waals surface area contributed by atoms with E-state index in [9.17, 15) is 14.7 Å². The number of epoxide rings is 1. The van der Waals surface area contributed by atoms with Crippen molar-refractivity contribution in [3.8, 4) is 0 Å². The first-order chi connectivity index (χ1) is 21.5. The van der Waals surface area contributed by atoms with Crippen LogP contribution >= 0.6 is 0 Å². The topological polar surface area (TPSA) is 85.4 Å². The number of allylic oxidation sites excluding steroid dienone is 1. The van der Waals surface area contributed by atoms with Crippen molar-refractivity contribution in [1.29, 1.82) is 0 Å². The van der Waals surface area contributed by atoms with Gasteiger partial charge in [-0.15, -0.1) is 0 Å². The Morgan fingerprint density at radius 2 is 1.20 bits per heavy atom. The Kier molecular flexibility index (Phi) is 26.8. The fourth-order valence-corrected chi connectivity index (χ4v) is 5.60. The normalized spacial score (nSPS) is 17.5. The summed E-state index contributed by atoms with van der Waals surface area (Å²) in [4.78, 5) is 23.9. The van der Waals surface area contributed by atoms with Gasteiger partial charge in [-0.3, -0.25) is 9.59 Å². The molecule has 1 heterocycles. The number of carbonyl (C=O) groups excluding carboxylic acids is 2. The third kappa shape index (κ3) is 25.9. The first-order valence-corrected chi connectivity index (χ1v) is 18.8. The molecule has 4 atom stereocenters. The fraction of sp³-hybridized carbons (Fsp3) is 0.895. The number of unbranched alkanes of at least 4 members (excludes halogenated alkanes) is 16. The van der Waals surface area contributed by atoms with E-state index < -0.39 is 6.10 Å². The van der Waals surface area contributed by atoms with Crippen LogP contribution < -0.4 is 0 Å². The highest BCUT2D eigenvalue weighted by atomic mass is 16.6. The van der Waals surface area contributed by atoms with Gasteiger partial charge < -0.3 is 19.3 Å². The van der Waals surface area contributed by atoms with E-state index in [1.807, 2.05) is 0 Å². The second kappa shape index (κ2) is 29.0. The minimum absolute atomic E-state index is 0.120. The van der Waals surface area contributed by atoms with Gasteiger partial charge in [0.1, 0.15) is 19.3 Å². The highest BCUT2D eigenvalue weighted by molar-refractivity contribution is 5.69. The van der Waals surface area contributed by atoms with Gasteiger partial charge in [0.25, 0.3) is 0 Å². The number of hydrogen-bond acceptors (Lipinski definition) is 6. The van der Waals surface area contributed by atoms with Crippen LogP contribution in [0.4, 0.5) is 0 Å². The highest BCUT2D eigenvalue weighted by Gasteiger charge is 2.36. The molecule has 1 aliphatic heterocycles. The van der Waals surface area contributed by atoms with Gasteiger partial charge >= 0.3 is 11.9 Å². The Hall–Kier alpha value is -1.40. The molecule has 6 heteroatoms. The van der Waals surface area contributed by atoms with Crippen LogP contribution in [0.25, 0.3) is 0 Å². The molecule has 0 radical (unpaired) electrons. The molecule has 258 valence electrons. The first-order valence-electron chi connectivity index (χ1n) is 18.8. The molecule has 0 aromatic carbocycles. The van der Waals surface area contributed by atoms with Gasteiger partial charge in [-0.05, 0) is 44.4 Å². The molecule has 0 bridgehead atoms. The zero-order valence-electron chi connectivity index (χ0n) is 29.0. The molecule has 1 aliphatic rings. The molecule has 44 heavy (non-hydrogen) atoms. The molecule has 1 rings (SSSR count). The maximum atomic E-state index is 11.9. The van der Waals surface area contributed by atoms with Crippen molar-refractivity contribution in [2.24, 2.45) is 5.92 Å². The van der Waals surface area contributed by atoms with E-state index in [0.717, 1.165) is 57.3 Å². The third-order valence-electron chi connectivity index (χ3n) is 8.96. The van der Waals surface area contributed by atoms with Crippen molar-refractivity contribution in [3.05, 3.63) is 12.2 Å². The number of rotatable bonds is 32. The SMILES string of the molecule is CCCCCC1OC1C/C=C\CCCCCCCC(=O)OC[C@@H](O)COC(=O)CCCCCCCCCCCCC(C)CC. The van der Waals surface area contributed by atoms with Crippen LogP contribution in [0.15, 0.2) is 12.2 Å². The van der Waals surface area contributed by atoms with Gasteiger partial charge in [0.2, 0.25) is 0 Å². The Morgan fingerprint density at radius 1 is 0.682 bits per heavy atom. The Labute approximate surface area is 271 Å². The molecular formula is C38H70O6. The quantitative estimate of drug-likeness (QED) is 0.0348. The van der Waals surface area contributed by atoms with E-state index >= 15 is 0 Å². The van der Waals surface area contributed by atoms with Crippen molar-refractivity contribution >= 4 is 11.9 Å². The molecule has 0 spiro atoms. The van der Waals surface area contributed by atoms with Crippen molar-refractivity contribution in [1.82, 2.24) is 0 Å². The Morgan fingerprint density at radius 3 is 1.75 bits per heavy atom. The maximum Gasteiger partial charge on any atom is 0.305 e. The number of aliphatic hydroxyl groups is 1. The van der Waals surface area contributed by atoms with E-state index in [-0.39, 0.29) is 25.2 Å². The predicted molar refractivity (Wildman–Crippen MR) is 182 cm³/mol. The Bertz CT molecular complexity index is 707. The van der Waals surface area contributed by atoms with E-state index in [0.29, 0.717) is 25.0 Å². The van der Waals surface area contributed by atoms with E-state index in [1.165, 1.54) is 96.3 Å². The molecule has 0 saturated carbocycles. The first kappa shape index (κ1) is 40.6. The lowest BCUT2D eigenvalue weighted by Gasteiger charge is -2.12. The molecule has 1 fully saturated rings. The van der Waals surface area contributed by atoms with Gasteiger partial charge in [-0.1, -0.05) is 142 Å². The van der Waals surface area contributed by atoms with Gasteiger partial charge in [0.15, 0.2) is 0 Å². The minimum atomic E-state index is -0.968. The molecule has 1 saturated heterocycles. The lowest BCUT2D eigenvalue weighted by atomic mass is 9.99. The second-order valence-corrected chi connectivity index (χ2v) is 13.3. The summed E-state index contributed by atoms with van der Waals surface area (Å²) in [6.45, 7) is 6.62. The van der Waals surface area contributed by atoms with Crippen LogP contribution in [0.3, 0.4) is 0 Å². The van der Waals surface area contributed by atoms with Crippen molar-refractivity contribution in [2.75, 3.05) is 13.2 Å². The largest absolute Gasteiger partial charge is 0.463 e.